The number of sulfonamides is 1. The molecule has 1 aliphatic rings. The summed E-state index contributed by atoms with van der Waals surface area (Å²) in [5, 5.41) is 0. The Balaban J connectivity index is 1.53. The minimum atomic E-state index is -3.80. The lowest BCUT2D eigenvalue weighted by atomic mass is 10.0. The van der Waals surface area contributed by atoms with Crippen LogP contribution in [0.5, 0.6) is 0 Å². The molecule has 0 saturated carbocycles. The SMILES string of the molecule is Cc1ccc(S(=O)(=O)N2C/C(=C\C(=O)N(c3ccccc3)c3ccccc3)CC2c2ccc(Br)cc2)cc1. The molecule has 0 aromatic heterocycles. The highest BCUT2D eigenvalue weighted by molar-refractivity contribution is 9.10. The number of aryl methyl sites for hydroxylation is 1. The summed E-state index contributed by atoms with van der Waals surface area (Å²) in [7, 11) is -3.80. The van der Waals surface area contributed by atoms with E-state index in [1.165, 1.54) is 4.31 Å². The number of amides is 1. The first kappa shape index (κ1) is 26.1. The third-order valence-corrected chi connectivity index (χ3v) is 9.02. The second-order valence-corrected chi connectivity index (χ2v) is 12.1. The van der Waals surface area contributed by atoms with Crippen LogP contribution in [0.3, 0.4) is 0 Å². The fourth-order valence-corrected chi connectivity index (χ4v) is 6.58. The number of anilines is 2. The van der Waals surface area contributed by atoms with Crippen LogP contribution in [0, 0.1) is 6.92 Å². The second-order valence-electron chi connectivity index (χ2n) is 9.28. The van der Waals surface area contributed by atoms with Gasteiger partial charge in [0.05, 0.1) is 10.9 Å². The monoisotopic (exact) mass is 586 g/mol. The van der Waals surface area contributed by atoms with Crippen molar-refractivity contribution >= 4 is 43.2 Å². The highest BCUT2D eigenvalue weighted by atomic mass is 79.9. The van der Waals surface area contributed by atoms with Crippen LogP contribution in [0.25, 0.3) is 0 Å². The molecule has 0 N–H and O–H groups in total. The van der Waals surface area contributed by atoms with E-state index < -0.39 is 16.1 Å². The first-order valence-corrected chi connectivity index (χ1v) is 14.5. The van der Waals surface area contributed by atoms with Crippen LogP contribution in [0.1, 0.15) is 23.6 Å². The normalized spacial score (nSPS) is 17.0. The van der Waals surface area contributed by atoms with E-state index in [0.717, 1.165) is 32.5 Å². The summed E-state index contributed by atoms with van der Waals surface area (Å²) in [4.78, 5) is 15.6. The Morgan fingerprint density at radius 1 is 0.842 bits per heavy atom. The number of carbonyl (C=O) groups is 1. The Morgan fingerprint density at radius 3 is 1.95 bits per heavy atom. The maximum Gasteiger partial charge on any atom is 0.255 e. The van der Waals surface area contributed by atoms with Crippen molar-refractivity contribution in [1.29, 1.82) is 0 Å². The third-order valence-electron chi connectivity index (χ3n) is 6.62. The summed E-state index contributed by atoms with van der Waals surface area (Å²) < 4.78 is 30.0. The van der Waals surface area contributed by atoms with E-state index in [1.54, 1.807) is 35.2 Å². The molecule has 4 aromatic carbocycles. The van der Waals surface area contributed by atoms with Gasteiger partial charge in [-0.15, -0.1) is 0 Å². The smallest absolute Gasteiger partial charge is 0.255 e. The highest BCUT2D eigenvalue weighted by Gasteiger charge is 2.39. The number of rotatable bonds is 6. The Morgan fingerprint density at radius 2 is 1.39 bits per heavy atom. The molecule has 7 heteroatoms. The fourth-order valence-electron chi connectivity index (χ4n) is 4.69. The minimum Gasteiger partial charge on any atom is -0.278 e. The molecule has 0 radical (unpaired) electrons. The van der Waals surface area contributed by atoms with Crippen LogP contribution in [-0.2, 0) is 14.8 Å². The number of nitrogens with zero attached hydrogens (tertiary/aromatic N) is 2. The molecule has 1 aliphatic heterocycles. The molecular weight excluding hydrogens is 560 g/mol. The lowest BCUT2D eigenvalue weighted by Gasteiger charge is -2.24. The summed E-state index contributed by atoms with van der Waals surface area (Å²) in [6, 6.07) is 33.0. The number of para-hydroxylation sites is 2. The molecule has 5 rings (SSSR count). The summed E-state index contributed by atoms with van der Waals surface area (Å²) >= 11 is 3.46. The van der Waals surface area contributed by atoms with E-state index in [2.05, 4.69) is 15.9 Å². The van der Waals surface area contributed by atoms with Crippen LogP contribution in [0.15, 0.2) is 130 Å². The van der Waals surface area contributed by atoms with Crippen molar-refractivity contribution in [1.82, 2.24) is 4.31 Å². The van der Waals surface area contributed by atoms with Gasteiger partial charge in [-0.25, -0.2) is 8.42 Å². The average molecular weight is 588 g/mol. The van der Waals surface area contributed by atoms with Gasteiger partial charge < -0.3 is 0 Å². The lowest BCUT2D eigenvalue weighted by molar-refractivity contribution is -0.113. The quantitative estimate of drug-likeness (QED) is 0.225. The lowest BCUT2D eigenvalue weighted by Crippen LogP contribution is -2.31. The van der Waals surface area contributed by atoms with Gasteiger partial charge in [0.2, 0.25) is 10.0 Å². The summed E-state index contributed by atoms with van der Waals surface area (Å²) in [6.45, 7) is 2.06. The zero-order valence-electron chi connectivity index (χ0n) is 20.9. The first-order chi connectivity index (χ1) is 18.3. The highest BCUT2D eigenvalue weighted by Crippen LogP contribution is 2.40. The van der Waals surface area contributed by atoms with Crippen LogP contribution >= 0.6 is 15.9 Å². The molecule has 1 amide bonds. The van der Waals surface area contributed by atoms with E-state index in [-0.39, 0.29) is 17.3 Å². The number of hydrogen-bond acceptors (Lipinski definition) is 3. The molecule has 1 unspecified atom stereocenters. The third kappa shape index (κ3) is 5.50. The van der Waals surface area contributed by atoms with Gasteiger partial charge in [-0.2, -0.15) is 4.31 Å². The average Bonchev–Trinajstić information content (AvgIpc) is 3.35. The summed E-state index contributed by atoms with van der Waals surface area (Å²) in [5.41, 5.74) is 4.11. The molecule has 5 nitrogen and oxygen atoms in total. The summed E-state index contributed by atoms with van der Waals surface area (Å²) in [6.07, 6.45) is 2.02. The van der Waals surface area contributed by atoms with E-state index >= 15 is 0 Å². The predicted octanol–water partition coefficient (Wildman–Crippen LogP) is 7.18. The van der Waals surface area contributed by atoms with Crippen molar-refractivity contribution in [2.24, 2.45) is 0 Å². The van der Waals surface area contributed by atoms with Crippen LogP contribution < -0.4 is 4.90 Å². The van der Waals surface area contributed by atoms with Gasteiger partial charge >= 0.3 is 0 Å². The zero-order valence-corrected chi connectivity index (χ0v) is 23.3. The first-order valence-electron chi connectivity index (χ1n) is 12.3. The number of benzene rings is 4. The molecule has 38 heavy (non-hydrogen) atoms. The molecular formula is C31H27BrN2O3S. The number of halogens is 1. The molecule has 0 bridgehead atoms. The maximum absolute atomic E-state index is 13.8. The molecule has 1 fully saturated rings. The Hall–Kier alpha value is -3.52. The second kappa shape index (κ2) is 11.1. The Bertz CT molecular complexity index is 1510. The standard InChI is InChI=1S/C31H27BrN2O3S/c1-23-12-18-29(19-13-23)38(36,37)33-22-24(20-30(33)25-14-16-26(32)17-15-25)21-31(35)34(27-8-4-2-5-9-27)28-10-6-3-7-11-28/h2-19,21,30H,20,22H2,1H3/b24-21-. The van der Waals surface area contributed by atoms with E-state index in [1.807, 2.05) is 91.9 Å². The summed E-state index contributed by atoms with van der Waals surface area (Å²) in [5.74, 6) is -0.221. The fraction of sp³-hybridized carbons (Fsp3) is 0.129. The van der Waals surface area contributed by atoms with Crippen LogP contribution in [0.2, 0.25) is 0 Å². The van der Waals surface area contributed by atoms with Gasteiger partial charge in [-0.1, -0.05) is 82.2 Å². The van der Waals surface area contributed by atoms with Gasteiger partial charge in [-0.3, -0.25) is 9.69 Å². The van der Waals surface area contributed by atoms with E-state index in [9.17, 15) is 13.2 Å². The van der Waals surface area contributed by atoms with E-state index in [0.29, 0.717) is 6.42 Å². The molecule has 1 saturated heterocycles. The van der Waals surface area contributed by atoms with E-state index in [4.69, 9.17) is 0 Å². The van der Waals surface area contributed by atoms with Crippen molar-refractivity contribution in [2.75, 3.05) is 11.4 Å². The number of carbonyl (C=O) groups excluding carboxylic acids is 1. The largest absolute Gasteiger partial charge is 0.278 e. The molecule has 1 atom stereocenters. The van der Waals surface area contributed by atoms with Crippen molar-refractivity contribution in [3.63, 3.8) is 0 Å². The van der Waals surface area contributed by atoms with Crippen molar-refractivity contribution in [3.8, 4) is 0 Å². The zero-order chi connectivity index (χ0) is 26.7. The topological polar surface area (TPSA) is 57.7 Å². The number of hydrogen-bond donors (Lipinski definition) is 0. The van der Waals surface area contributed by atoms with Gasteiger partial charge in [0.1, 0.15) is 0 Å². The van der Waals surface area contributed by atoms with Crippen LogP contribution in [-0.4, -0.2) is 25.2 Å². The van der Waals surface area contributed by atoms with Gasteiger partial charge in [0.25, 0.3) is 5.91 Å². The Labute approximate surface area is 232 Å². The molecule has 4 aromatic rings. The van der Waals surface area contributed by atoms with Crippen molar-refractivity contribution in [2.45, 2.75) is 24.3 Å². The Kier molecular flexibility index (Phi) is 7.61. The molecule has 192 valence electrons. The predicted molar refractivity (Wildman–Crippen MR) is 155 cm³/mol. The van der Waals surface area contributed by atoms with Crippen molar-refractivity contribution in [3.05, 3.63) is 136 Å². The maximum atomic E-state index is 13.8. The van der Waals surface area contributed by atoms with Gasteiger partial charge in [-0.05, 0) is 73.0 Å². The van der Waals surface area contributed by atoms with Crippen LogP contribution in [0.4, 0.5) is 11.4 Å². The van der Waals surface area contributed by atoms with Gasteiger partial charge in [0, 0.05) is 28.5 Å². The van der Waals surface area contributed by atoms with Gasteiger partial charge in [0.15, 0.2) is 0 Å². The molecule has 0 aliphatic carbocycles. The van der Waals surface area contributed by atoms with Crippen molar-refractivity contribution < 1.29 is 13.2 Å². The molecule has 1 heterocycles. The molecule has 0 spiro atoms. The minimum absolute atomic E-state index is 0.139.